The molecule has 0 atom stereocenters. The highest BCUT2D eigenvalue weighted by atomic mass is 35.5. The number of carbonyl (C=O) groups excluding carboxylic acids is 1. The largest absolute Gasteiger partial charge is 0.486 e. The van der Waals surface area contributed by atoms with E-state index in [1.807, 2.05) is 38.1 Å². The molecule has 0 saturated carbocycles. The van der Waals surface area contributed by atoms with Crippen molar-refractivity contribution in [1.29, 1.82) is 0 Å². The van der Waals surface area contributed by atoms with E-state index in [4.69, 9.17) is 20.9 Å². The highest BCUT2D eigenvalue weighted by molar-refractivity contribution is 6.32. The van der Waals surface area contributed by atoms with Crippen LogP contribution in [0.1, 0.15) is 30.5 Å². The molecule has 0 fully saturated rings. The van der Waals surface area contributed by atoms with Crippen LogP contribution in [0.25, 0.3) is 10.9 Å². The van der Waals surface area contributed by atoms with Crippen LogP contribution < -0.4 is 10.1 Å². The number of fused-ring (bicyclic) bond motifs is 1. The second-order valence-electron chi connectivity index (χ2n) is 5.51. The maximum atomic E-state index is 11.4. The number of halogens is 1. The minimum atomic E-state index is 0.0126. The molecule has 0 aliphatic rings. The summed E-state index contributed by atoms with van der Waals surface area (Å²) in [7, 11) is 0. The summed E-state index contributed by atoms with van der Waals surface area (Å²) in [6.07, 6.45) is 0.464. The lowest BCUT2D eigenvalue weighted by molar-refractivity contribution is -0.120. The number of carbonyl (C=O) groups is 1. The maximum Gasteiger partial charge on any atom is 0.220 e. The standard InChI is InChI=1S/C17H18ClN3O3/c1-3-17(22)19-8-12-5-11-6-14(18)16(7-15(11)20-12)23-9-13-4-10(2)24-21-13/h4-7,20H,3,8-9H2,1-2H3,(H,19,22). The van der Waals surface area contributed by atoms with Crippen molar-refractivity contribution < 1.29 is 14.1 Å². The normalized spacial score (nSPS) is 11.0. The third kappa shape index (κ3) is 3.71. The summed E-state index contributed by atoms with van der Waals surface area (Å²) in [4.78, 5) is 14.6. The molecule has 0 saturated heterocycles. The molecule has 0 radical (unpaired) electrons. The number of ether oxygens (including phenoxy) is 1. The summed E-state index contributed by atoms with van der Waals surface area (Å²) in [5.41, 5.74) is 2.51. The summed E-state index contributed by atoms with van der Waals surface area (Å²) >= 11 is 6.28. The van der Waals surface area contributed by atoms with Gasteiger partial charge in [-0.2, -0.15) is 0 Å². The van der Waals surface area contributed by atoms with Crippen molar-refractivity contribution in [2.75, 3.05) is 0 Å². The topological polar surface area (TPSA) is 80.2 Å². The van der Waals surface area contributed by atoms with Gasteiger partial charge in [-0.3, -0.25) is 4.79 Å². The average molecular weight is 348 g/mol. The zero-order valence-corrected chi connectivity index (χ0v) is 14.2. The van der Waals surface area contributed by atoms with Crippen molar-refractivity contribution in [3.05, 3.63) is 46.4 Å². The van der Waals surface area contributed by atoms with Crippen molar-refractivity contribution >= 4 is 28.4 Å². The van der Waals surface area contributed by atoms with E-state index < -0.39 is 0 Å². The van der Waals surface area contributed by atoms with E-state index in [-0.39, 0.29) is 12.5 Å². The van der Waals surface area contributed by atoms with Gasteiger partial charge in [0.2, 0.25) is 5.91 Å². The molecule has 126 valence electrons. The molecule has 0 aliphatic carbocycles. The van der Waals surface area contributed by atoms with Gasteiger partial charge in [0.05, 0.1) is 11.6 Å². The fourth-order valence-electron chi connectivity index (χ4n) is 2.36. The molecule has 2 N–H and O–H groups in total. The molecular formula is C17H18ClN3O3. The Balaban J connectivity index is 1.74. The predicted molar refractivity (Wildman–Crippen MR) is 91.0 cm³/mol. The molecule has 1 aromatic carbocycles. The van der Waals surface area contributed by atoms with Crippen LogP contribution in [-0.2, 0) is 17.9 Å². The van der Waals surface area contributed by atoms with Crippen LogP contribution >= 0.6 is 11.6 Å². The number of aryl methyl sites for hydroxylation is 1. The molecule has 0 bridgehead atoms. The number of rotatable bonds is 6. The summed E-state index contributed by atoms with van der Waals surface area (Å²) < 4.78 is 10.7. The number of hydrogen-bond acceptors (Lipinski definition) is 4. The van der Waals surface area contributed by atoms with E-state index in [1.54, 1.807) is 0 Å². The Morgan fingerprint density at radius 1 is 1.38 bits per heavy atom. The van der Waals surface area contributed by atoms with E-state index in [9.17, 15) is 4.79 Å². The van der Waals surface area contributed by atoms with E-state index in [2.05, 4.69) is 15.5 Å². The minimum Gasteiger partial charge on any atom is -0.486 e. The second kappa shape index (κ2) is 6.97. The van der Waals surface area contributed by atoms with Crippen LogP contribution in [0, 0.1) is 6.92 Å². The van der Waals surface area contributed by atoms with Gasteiger partial charge < -0.3 is 19.6 Å². The second-order valence-corrected chi connectivity index (χ2v) is 5.92. The zero-order valence-electron chi connectivity index (χ0n) is 13.5. The molecular weight excluding hydrogens is 330 g/mol. The van der Waals surface area contributed by atoms with E-state index >= 15 is 0 Å². The molecule has 3 aromatic rings. The quantitative estimate of drug-likeness (QED) is 0.712. The summed E-state index contributed by atoms with van der Waals surface area (Å²) in [5.74, 6) is 1.31. The molecule has 3 rings (SSSR count). The Morgan fingerprint density at radius 3 is 2.92 bits per heavy atom. The smallest absolute Gasteiger partial charge is 0.220 e. The average Bonchev–Trinajstić information content (AvgIpc) is 3.15. The number of nitrogens with one attached hydrogen (secondary N) is 2. The van der Waals surface area contributed by atoms with Crippen molar-refractivity contribution in [2.45, 2.75) is 33.4 Å². The lowest BCUT2D eigenvalue weighted by Gasteiger charge is -2.06. The molecule has 6 nitrogen and oxygen atoms in total. The number of benzene rings is 1. The minimum absolute atomic E-state index is 0.0126. The van der Waals surface area contributed by atoms with Gasteiger partial charge in [0.1, 0.15) is 23.8 Å². The van der Waals surface area contributed by atoms with Gasteiger partial charge in [-0.05, 0) is 19.1 Å². The van der Waals surface area contributed by atoms with Gasteiger partial charge >= 0.3 is 0 Å². The molecule has 0 unspecified atom stereocenters. The van der Waals surface area contributed by atoms with Crippen LogP contribution in [0.2, 0.25) is 5.02 Å². The third-order valence-corrected chi connectivity index (χ3v) is 3.87. The summed E-state index contributed by atoms with van der Waals surface area (Å²) in [6, 6.07) is 7.45. The van der Waals surface area contributed by atoms with Gasteiger partial charge in [0, 0.05) is 35.2 Å². The third-order valence-electron chi connectivity index (χ3n) is 3.58. The van der Waals surface area contributed by atoms with Crippen LogP contribution in [0.5, 0.6) is 5.75 Å². The first-order valence-electron chi connectivity index (χ1n) is 7.68. The number of aromatic amines is 1. The molecule has 7 heteroatoms. The first kappa shape index (κ1) is 16.4. The van der Waals surface area contributed by atoms with Crippen molar-refractivity contribution in [3.8, 4) is 5.75 Å². The number of H-pyrrole nitrogens is 1. The molecule has 2 heterocycles. The zero-order chi connectivity index (χ0) is 17.1. The Hall–Kier alpha value is -2.47. The van der Waals surface area contributed by atoms with E-state index in [0.29, 0.717) is 29.4 Å². The number of aromatic nitrogens is 2. The Labute approximate surface area is 144 Å². The molecule has 1 amide bonds. The van der Waals surface area contributed by atoms with Crippen LogP contribution in [0.15, 0.2) is 28.8 Å². The van der Waals surface area contributed by atoms with Crippen LogP contribution in [0.3, 0.4) is 0 Å². The van der Waals surface area contributed by atoms with Gasteiger partial charge in [0.15, 0.2) is 0 Å². The summed E-state index contributed by atoms with van der Waals surface area (Å²) in [5, 5.41) is 8.20. The highest BCUT2D eigenvalue weighted by Gasteiger charge is 2.09. The number of amides is 1. The monoisotopic (exact) mass is 347 g/mol. The predicted octanol–water partition coefficient (Wildman–Crippen LogP) is 3.72. The molecule has 0 spiro atoms. The number of hydrogen-bond donors (Lipinski definition) is 2. The molecule has 24 heavy (non-hydrogen) atoms. The SMILES string of the molecule is CCC(=O)NCc1cc2cc(Cl)c(OCc3cc(C)on3)cc2[nH]1. The molecule has 0 aliphatic heterocycles. The van der Waals surface area contributed by atoms with Gasteiger partial charge in [-0.1, -0.05) is 23.7 Å². The van der Waals surface area contributed by atoms with Crippen LogP contribution in [0.4, 0.5) is 0 Å². The summed E-state index contributed by atoms with van der Waals surface area (Å²) in [6.45, 7) is 4.38. The van der Waals surface area contributed by atoms with Crippen molar-refractivity contribution in [1.82, 2.24) is 15.5 Å². The Kier molecular flexibility index (Phi) is 4.76. The van der Waals surface area contributed by atoms with Gasteiger partial charge in [-0.15, -0.1) is 0 Å². The first-order chi connectivity index (χ1) is 11.5. The number of nitrogens with zero attached hydrogens (tertiary/aromatic N) is 1. The van der Waals surface area contributed by atoms with Crippen molar-refractivity contribution in [3.63, 3.8) is 0 Å². The highest BCUT2D eigenvalue weighted by Crippen LogP contribution is 2.31. The van der Waals surface area contributed by atoms with Crippen LogP contribution in [-0.4, -0.2) is 16.0 Å². The molecule has 2 aromatic heterocycles. The maximum absolute atomic E-state index is 11.4. The van der Waals surface area contributed by atoms with Crippen molar-refractivity contribution in [2.24, 2.45) is 0 Å². The van der Waals surface area contributed by atoms with E-state index in [1.165, 1.54) is 0 Å². The Morgan fingerprint density at radius 2 is 2.21 bits per heavy atom. The van der Waals surface area contributed by atoms with Gasteiger partial charge in [0.25, 0.3) is 0 Å². The van der Waals surface area contributed by atoms with Gasteiger partial charge in [-0.25, -0.2) is 0 Å². The fourth-order valence-corrected chi connectivity index (χ4v) is 2.58. The lowest BCUT2D eigenvalue weighted by Crippen LogP contribution is -2.21. The Bertz CT molecular complexity index is 869. The fraction of sp³-hybridized carbons (Fsp3) is 0.294. The van der Waals surface area contributed by atoms with E-state index in [0.717, 1.165) is 22.4 Å². The lowest BCUT2D eigenvalue weighted by atomic mass is 10.2. The first-order valence-corrected chi connectivity index (χ1v) is 8.05.